The molecule has 2 aromatic carbocycles. The van der Waals surface area contributed by atoms with Crippen molar-refractivity contribution in [2.45, 2.75) is 19.8 Å². The highest BCUT2D eigenvalue weighted by Crippen LogP contribution is 2.23. The van der Waals surface area contributed by atoms with E-state index in [1.54, 1.807) is 36.4 Å². The zero-order valence-electron chi connectivity index (χ0n) is 18.1. The lowest BCUT2D eigenvalue weighted by atomic mass is 9.96. The zero-order valence-corrected chi connectivity index (χ0v) is 18.1. The molecule has 0 spiro atoms. The van der Waals surface area contributed by atoms with Gasteiger partial charge in [0.05, 0.1) is 5.69 Å². The standard InChI is InChI=1S/C24H24FN5O3/c1-16(31)26-19-5-7-20(8-6-19)27-24(33)17-11-13-29(14-12-17)22-9-10-23(32)30(28-22)21-4-2-3-18(25)15-21/h2-10,15,17H,11-14H2,1H3,(H,26,31)(H,27,33). The Morgan fingerprint density at radius 2 is 1.64 bits per heavy atom. The molecule has 1 fully saturated rings. The first-order valence-corrected chi connectivity index (χ1v) is 10.7. The maximum absolute atomic E-state index is 13.6. The van der Waals surface area contributed by atoms with Crippen molar-refractivity contribution >= 4 is 29.0 Å². The molecule has 1 aliphatic rings. The molecule has 0 unspecified atom stereocenters. The number of anilines is 3. The molecule has 0 atom stereocenters. The third-order valence-electron chi connectivity index (χ3n) is 5.50. The lowest BCUT2D eigenvalue weighted by molar-refractivity contribution is -0.120. The first-order valence-electron chi connectivity index (χ1n) is 10.7. The van der Waals surface area contributed by atoms with Gasteiger partial charge in [-0.15, -0.1) is 5.10 Å². The Labute approximate surface area is 190 Å². The molecule has 9 heteroatoms. The number of piperidine rings is 1. The molecule has 170 valence electrons. The van der Waals surface area contributed by atoms with E-state index in [4.69, 9.17) is 0 Å². The molecule has 2 N–H and O–H groups in total. The molecule has 2 heterocycles. The van der Waals surface area contributed by atoms with Crippen LogP contribution in [-0.4, -0.2) is 34.7 Å². The molecule has 0 bridgehead atoms. The Balaban J connectivity index is 1.38. The number of hydrogen-bond donors (Lipinski definition) is 2. The second kappa shape index (κ2) is 9.64. The number of hydrogen-bond acceptors (Lipinski definition) is 5. The van der Waals surface area contributed by atoms with Gasteiger partial charge in [-0.05, 0) is 61.4 Å². The molecule has 1 aliphatic heterocycles. The van der Waals surface area contributed by atoms with Gasteiger partial charge in [0.2, 0.25) is 11.8 Å². The molecule has 4 rings (SSSR count). The molecule has 8 nitrogen and oxygen atoms in total. The van der Waals surface area contributed by atoms with E-state index in [1.165, 1.54) is 35.9 Å². The second-order valence-electron chi connectivity index (χ2n) is 7.93. The summed E-state index contributed by atoms with van der Waals surface area (Å²) >= 11 is 0. The van der Waals surface area contributed by atoms with Gasteiger partial charge in [0, 0.05) is 43.4 Å². The van der Waals surface area contributed by atoms with Crippen LogP contribution in [-0.2, 0) is 9.59 Å². The van der Waals surface area contributed by atoms with Gasteiger partial charge in [0.25, 0.3) is 5.56 Å². The maximum Gasteiger partial charge on any atom is 0.271 e. The average molecular weight is 449 g/mol. The lowest BCUT2D eigenvalue weighted by Gasteiger charge is -2.32. The number of nitrogens with zero attached hydrogens (tertiary/aromatic N) is 3. The number of aromatic nitrogens is 2. The minimum absolute atomic E-state index is 0.0559. The van der Waals surface area contributed by atoms with Crippen molar-refractivity contribution in [2.24, 2.45) is 5.92 Å². The van der Waals surface area contributed by atoms with E-state index in [2.05, 4.69) is 15.7 Å². The van der Waals surface area contributed by atoms with E-state index in [1.807, 2.05) is 4.90 Å². The summed E-state index contributed by atoms with van der Waals surface area (Å²) in [6, 6.07) is 15.8. The van der Waals surface area contributed by atoms with Gasteiger partial charge in [-0.3, -0.25) is 14.4 Å². The molecule has 2 amide bonds. The van der Waals surface area contributed by atoms with E-state index in [9.17, 15) is 18.8 Å². The predicted molar refractivity (Wildman–Crippen MR) is 124 cm³/mol. The van der Waals surface area contributed by atoms with Crippen molar-refractivity contribution in [2.75, 3.05) is 28.6 Å². The van der Waals surface area contributed by atoms with Crippen LogP contribution in [0.3, 0.4) is 0 Å². The predicted octanol–water partition coefficient (Wildman–Crippen LogP) is 3.19. The van der Waals surface area contributed by atoms with Crippen LogP contribution in [0.5, 0.6) is 0 Å². The van der Waals surface area contributed by atoms with Crippen LogP contribution >= 0.6 is 0 Å². The van der Waals surface area contributed by atoms with Crippen molar-refractivity contribution in [1.29, 1.82) is 0 Å². The zero-order chi connectivity index (χ0) is 23.4. The molecule has 0 saturated carbocycles. The van der Waals surface area contributed by atoms with Crippen LogP contribution in [0.2, 0.25) is 0 Å². The van der Waals surface area contributed by atoms with E-state index < -0.39 is 5.82 Å². The minimum atomic E-state index is -0.441. The fourth-order valence-corrected chi connectivity index (χ4v) is 3.82. The molecule has 1 saturated heterocycles. The van der Waals surface area contributed by atoms with Gasteiger partial charge in [0.1, 0.15) is 11.6 Å². The molecule has 3 aromatic rings. The summed E-state index contributed by atoms with van der Waals surface area (Å²) in [6.45, 7) is 2.65. The van der Waals surface area contributed by atoms with Crippen LogP contribution in [0, 0.1) is 11.7 Å². The summed E-state index contributed by atoms with van der Waals surface area (Å²) < 4.78 is 14.8. The highest BCUT2D eigenvalue weighted by atomic mass is 19.1. The van der Waals surface area contributed by atoms with Gasteiger partial charge in [-0.2, -0.15) is 4.68 Å². The molecule has 0 aliphatic carbocycles. The third kappa shape index (κ3) is 5.43. The SMILES string of the molecule is CC(=O)Nc1ccc(NC(=O)C2CCN(c3ccc(=O)n(-c4cccc(F)c4)n3)CC2)cc1. The van der Waals surface area contributed by atoms with Gasteiger partial charge < -0.3 is 15.5 Å². The summed E-state index contributed by atoms with van der Waals surface area (Å²) in [5.41, 5.74) is 1.35. The van der Waals surface area contributed by atoms with Crippen molar-refractivity contribution in [3.63, 3.8) is 0 Å². The Morgan fingerprint density at radius 3 is 2.27 bits per heavy atom. The maximum atomic E-state index is 13.6. The van der Waals surface area contributed by atoms with Crippen molar-refractivity contribution in [3.05, 3.63) is 76.8 Å². The Bertz CT molecular complexity index is 1220. The van der Waals surface area contributed by atoms with Gasteiger partial charge in [-0.1, -0.05) is 6.07 Å². The summed E-state index contributed by atoms with van der Waals surface area (Å²) in [4.78, 5) is 38.1. The third-order valence-corrected chi connectivity index (χ3v) is 5.50. The first kappa shape index (κ1) is 22.2. The Kier molecular flexibility index (Phi) is 6.48. The largest absolute Gasteiger partial charge is 0.355 e. The highest BCUT2D eigenvalue weighted by molar-refractivity contribution is 5.93. The average Bonchev–Trinajstić information content (AvgIpc) is 2.80. The van der Waals surface area contributed by atoms with E-state index >= 15 is 0 Å². The molecule has 0 radical (unpaired) electrons. The van der Waals surface area contributed by atoms with Crippen LogP contribution < -0.4 is 21.1 Å². The van der Waals surface area contributed by atoms with E-state index in [0.717, 1.165) is 0 Å². The van der Waals surface area contributed by atoms with Crippen LogP contribution in [0.15, 0.2) is 65.5 Å². The van der Waals surface area contributed by atoms with Crippen molar-refractivity contribution < 1.29 is 14.0 Å². The quantitative estimate of drug-likeness (QED) is 0.624. The fraction of sp³-hybridized carbons (Fsp3) is 0.250. The van der Waals surface area contributed by atoms with Gasteiger partial charge in [-0.25, -0.2) is 4.39 Å². The molecule has 1 aromatic heterocycles. The summed E-state index contributed by atoms with van der Waals surface area (Å²) in [5, 5.41) is 10.0. The molecular weight excluding hydrogens is 425 g/mol. The summed E-state index contributed by atoms with van der Waals surface area (Å²) in [5.74, 6) is -0.196. The Morgan fingerprint density at radius 1 is 0.970 bits per heavy atom. The number of carbonyl (C=O) groups is 2. The molecular formula is C24H24FN5O3. The number of amides is 2. The lowest BCUT2D eigenvalue weighted by Crippen LogP contribution is -2.39. The van der Waals surface area contributed by atoms with E-state index in [-0.39, 0.29) is 23.3 Å². The topological polar surface area (TPSA) is 96.3 Å². The van der Waals surface area contributed by atoms with Gasteiger partial charge >= 0.3 is 0 Å². The highest BCUT2D eigenvalue weighted by Gasteiger charge is 2.26. The monoisotopic (exact) mass is 449 g/mol. The van der Waals surface area contributed by atoms with Crippen molar-refractivity contribution in [1.82, 2.24) is 9.78 Å². The number of carbonyl (C=O) groups excluding carboxylic acids is 2. The summed E-state index contributed by atoms with van der Waals surface area (Å²) in [7, 11) is 0. The van der Waals surface area contributed by atoms with E-state index in [0.29, 0.717) is 48.8 Å². The van der Waals surface area contributed by atoms with Crippen LogP contribution in [0.4, 0.5) is 21.6 Å². The van der Waals surface area contributed by atoms with Crippen molar-refractivity contribution in [3.8, 4) is 5.69 Å². The number of rotatable bonds is 5. The molecule has 33 heavy (non-hydrogen) atoms. The van der Waals surface area contributed by atoms with Crippen LogP contribution in [0.25, 0.3) is 5.69 Å². The fourth-order valence-electron chi connectivity index (χ4n) is 3.82. The smallest absolute Gasteiger partial charge is 0.271 e. The number of halogens is 1. The first-order chi connectivity index (χ1) is 15.9. The Hall–Kier alpha value is -4.01. The second-order valence-corrected chi connectivity index (χ2v) is 7.93. The normalized spacial score (nSPS) is 14.1. The van der Waals surface area contributed by atoms with Crippen LogP contribution in [0.1, 0.15) is 19.8 Å². The number of nitrogens with one attached hydrogen (secondary N) is 2. The minimum Gasteiger partial charge on any atom is -0.355 e. The summed E-state index contributed by atoms with van der Waals surface area (Å²) in [6.07, 6.45) is 1.27. The van der Waals surface area contributed by atoms with Gasteiger partial charge in [0.15, 0.2) is 0 Å². The number of benzene rings is 2.